The van der Waals surface area contributed by atoms with Gasteiger partial charge in [-0.15, -0.1) is 0 Å². The smallest absolute Gasteiger partial charge is 0.0642 e. The third-order valence-electron chi connectivity index (χ3n) is 3.75. The quantitative estimate of drug-likeness (QED) is 0.845. The SMILES string of the molecule is CNC(C)Cc1cc(C2CCCC2)n(C)n1. The first-order valence-corrected chi connectivity index (χ1v) is 6.40. The van der Waals surface area contributed by atoms with E-state index in [4.69, 9.17) is 0 Å². The van der Waals surface area contributed by atoms with E-state index in [0.29, 0.717) is 6.04 Å². The summed E-state index contributed by atoms with van der Waals surface area (Å²) in [7, 11) is 4.09. The van der Waals surface area contributed by atoms with Gasteiger partial charge in [0.05, 0.1) is 5.69 Å². The minimum Gasteiger partial charge on any atom is -0.317 e. The molecule has 16 heavy (non-hydrogen) atoms. The van der Waals surface area contributed by atoms with Gasteiger partial charge in [-0.25, -0.2) is 0 Å². The van der Waals surface area contributed by atoms with E-state index in [1.807, 2.05) is 7.05 Å². The predicted octanol–water partition coefficient (Wildman–Crippen LogP) is 2.23. The number of aryl methyl sites for hydroxylation is 1. The van der Waals surface area contributed by atoms with Crippen molar-refractivity contribution in [2.75, 3.05) is 7.05 Å². The standard InChI is InChI=1S/C13H23N3/c1-10(14-2)8-12-9-13(16(3)15-12)11-6-4-5-7-11/h9-11,14H,4-8H2,1-3H3. The zero-order chi connectivity index (χ0) is 11.5. The van der Waals surface area contributed by atoms with Crippen molar-refractivity contribution in [1.29, 1.82) is 0 Å². The molecule has 1 unspecified atom stereocenters. The van der Waals surface area contributed by atoms with Crippen molar-refractivity contribution in [3.8, 4) is 0 Å². The largest absolute Gasteiger partial charge is 0.317 e. The van der Waals surface area contributed by atoms with Crippen molar-refractivity contribution >= 4 is 0 Å². The van der Waals surface area contributed by atoms with Gasteiger partial charge in [-0.05, 0) is 32.9 Å². The highest BCUT2D eigenvalue weighted by Crippen LogP contribution is 2.34. The molecule has 1 aliphatic rings. The summed E-state index contributed by atoms with van der Waals surface area (Å²) < 4.78 is 2.09. The molecule has 3 heteroatoms. The molecule has 2 rings (SSSR count). The van der Waals surface area contributed by atoms with Crippen LogP contribution in [-0.2, 0) is 13.5 Å². The molecule has 1 aliphatic carbocycles. The Morgan fingerprint density at radius 3 is 2.81 bits per heavy atom. The number of rotatable bonds is 4. The molecule has 0 amide bonds. The minimum absolute atomic E-state index is 0.506. The molecular weight excluding hydrogens is 198 g/mol. The van der Waals surface area contributed by atoms with Gasteiger partial charge in [0.15, 0.2) is 0 Å². The fraction of sp³-hybridized carbons (Fsp3) is 0.769. The zero-order valence-corrected chi connectivity index (χ0v) is 10.7. The average molecular weight is 221 g/mol. The molecule has 90 valence electrons. The Kier molecular flexibility index (Phi) is 3.64. The summed E-state index contributed by atoms with van der Waals surface area (Å²) in [5.41, 5.74) is 2.67. The Balaban J connectivity index is 2.08. The lowest BCUT2D eigenvalue weighted by atomic mass is 10.0. The van der Waals surface area contributed by atoms with E-state index in [9.17, 15) is 0 Å². The van der Waals surface area contributed by atoms with E-state index in [1.165, 1.54) is 37.1 Å². The van der Waals surface area contributed by atoms with Crippen molar-refractivity contribution in [1.82, 2.24) is 15.1 Å². The van der Waals surface area contributed by atoms with Gasteiger partial charge in [0, 0.05) is 31.1 Å². The van der Waals surface area contributed by atoms with Crippen LogP contribution in [0.4, 0.5) is 0 Å². The summed E-state index contributed by atoms with van der Waals surface area (Å²) in [5.74, 6) is 0.760. The molecule has 0 aliphatic heterocycles. The van der Waals surface area contributed by atoms with Crippen molar-refractivity contribution in [2.24, 2.45) is 7.05 Å². The Morgan fingerprint density at radius 2 is 2.19 bits per heavy atom. The lowest BCUT2D eigenvalue weighted by molar-refractivity contribution is 0.584. The van der Waals surface area contributed by atoms with Gasteiger partial charge < -0.3 is 5.32 Å². The molecule has 1 heterocycles. The van der Waals surface area contributed by atoms with Gasteiger partial charge in [0.1, 0.15) is 0 Å². The van der Waals surface area contributed by atoms with Gasteiger partial charge in [0.25, 0.3) is 0 Å². The summed E-state index contributed by atoms with van der Waals surface area (Å²) in [4.78, 5) is 0. The van der Waals surface area contributed by atoms with E-state index >= 15 is 0 Å². The number of likely N-dealkylation sites (N-methyl/N-ethyl adjacent to an activating group) is 1. The molecule has 0 saturated heterocycles. The van der Waals surface area contributed by atoms with Crippen LogP contribution in [-0.4, -0.2) is 22.9 Å². The molecule has 3 nitrogen and oxygen atoms in total. The summed E-state index contributed by atoms with van der Waals surface area (Å²) in [6.45, 7) is 2.20. The molecule has 1 fully saturated rings. The highest BCUT2D eigenvalue weighted by molar-refractivity contribution is 5.16. The maximum atomic E-state index is 4.62. The Bertz CT molecular complexity index is 337. The first-order valence-electron chi connectivity index (χ1n) is 6.40. The topological polar surface area (TPSA) is 29.9 Å². The van der Waals surface area contributed by atoms with Crippen molar-refractivity contribution < 1.29 is 0 Å². The van der Waals surface area contributed by atoms with Gasteiger partial charge in [-0.3, -0.25) is 4.68 Å². The van der Waals surface area contributed by atoms with Crippen LogP contribution in [0.2, 0.25) is 0 Å². The van der Waals surface area contributed by atoms with Crippen LogP contribution in [0.25, 0.3) is 0 Å². The third kappa shape index (κ3) is 2.46. The molecule has 1 aromatic heterocycles. The average Bonchev–Trinajstić information content (AvgIpc) is 2.87. The van der Waals surface area contributed by atoms with Crippen molar-refractivity contribution in [2.45, 2.75) is 51.0 Å². The Labute approximate surface area is 98.2 Å². The lowest BCUT2D eigenvalue weighted by Crippen LogP contribution is -2.23. The molecule has 0 aromatic carbocycles. The molecule has 0 bridgehead atoms. The highest BCUT2D eigenvalue weighted by Gasteiger charge is 2.21. The normalized spacial score (nSPS) is 19.2. The number of hydrogen-bond donors (Lipinski definition) is 1. The van der Waals surface area contributed by atoms with E-state index in [-0.39, 0.29) is 0 Å². The minimum atomic E-state index is 0.506. The number of hydrogen-bond acceptors (Lipinski definition) is 2. The Hall–Kier alpha value is -0.830. The second kappa shape index (κ2) is 5.00. The second-order valence-corrected chi connectivity index (χ2v) is 5.06. The van der Waals surface area contributed by atoms with E-state index < -0.39 is 0 Å². The molecular formula is C13H23N3. The lowest BCUT2D eigenvalue weighted by Gasteiger charge is -2.08. The molecule has 1 atom stereocenters. The number of nitrogens with one attached hydrogen (secondary N) is 1. The number of nitrogens with zero attached hydrogens (tertiary/aromatic N) is 2. The van der Waals surface area contributed by atoms with E-state index in [1.54, 1.807) is 0 Å². The fourth-order valence-electron chi connectivity index (χ4n) is 2.66. The van der Waals surface area contributed by atoms with Crippen LogP contribution >= 0.6 is 0 Å². The Morgan fingerprint density at radius 1 is 1.50 bits per heavy atom. The van der Waals surface area contributed by atoms with E-state index in [2.05, 4.69) is 35.1 Å². The van der Waals surface area contributed by atoms with Crippen LogP contribution in [0.5, 0.6) is 0 Å². The van der Waals surface area contributed by atoms with Gasteiger partial charge in [0.2, 0.25) is 0 Å². The van der Waals surface area contributed by atoms with Crippen LogP contribution in [0.3, 0.4) is 0 Å². The maximum Gasteiger partial charge on any atom is 0.0642 e. The first kappa shape index (κ1) is 11.6. The molecule has 1 aromatic rings. The monoisotopic (exact) mass is 221 g/mol. The third-order valence-corrected chi connectivity index (χ3v) is 3.75. The van der Waals surface area contributed by atoms with Crippen molar-refractivity contribution in [3.05, 3.63) is 17.5 Å². The van der Waals surface area contributed by atoms with Crippen LogP contribution < -0.4 is 5.32 Å². The second-order valence-electron chi connectivity index (χ2n) is 5.06. The van der Waals surface area contributed by atoms with Crippen LogP contribution in [0.1, 0.15) is 49.9 Å². The number of aromatic nitrogens is 2. The first-order chi connectivity index (χ1) is 7.70. The van der Waals surface area contributed by atoms with Gasteiger partial charge in [-0.2, -0.15) is 5.10 Å². The molecule has 0 spiro atoms. The predicted molar refractivity (Wildman–Crippen MR) is 66.6 cm³/mol. The summed E-state index contributed by atoms with van der Waals surface area (Å²) in [6, 6.07) is 2.82. The molecule has 0 radical (unpaired) electrons. The van der Waals surface area contributed by atoms with Crippen LogP contribution in [0.15, 0.2) is 6.07 Å². The van der Waals surface area contributed by atoms with E-state index in [0.717, 1.165) is 12.3 Å². The van der Waals surface area contributed by atoms with Crippen molar-refractivity contribution in [3.63, 3.8) is 0 Å². The maximum absolute atomic E-state index is 4.62. The molecule has 1 N–H and O–H groups in total. The fourth-order valence-corrected chi connectivity index (χ4v) is 2.66. The molecule has 1 saturated carbocycles. The zero-order valence-electron chi connectivity index (χ0n) is 10.7. The van der Waals surface area contributed by atoms with Gasteiger partial charge in [-0.1, -0.05) is 12.8 Å². The summed E-state index contributed by atoms with van der Waals surface area (Å²) in [5, 5.41) is 7.88. The van der Waals surface area contributed by atoms with Gasteiger partial charge >= 0.3 is 0 Å². The summed E-state index contributed by atoms with van der Waals surface area (Å²) in [6.07, 6.45) is 6.49. The summed E-state index contributed by atoms with van der Waals surface area (Å²) >= 11 is 0. The highest BCUT2D eigenvalue weighted by atomic mass is 15.3. The van der Waals surface area contributed by atoms with Crippen LogP contribution in [0, 0.1) is 0 Å².